The number of benzene rings is 3. The number of aromatic nitrogens is 2. The number of alkyl halides is 3. The van der Waals surface area contributed by atoms with Crippen molar-refractivity contribution in [3.8, 4) is 41.1 Å². The van der Waals surface area contributed by atoms with Gasteiger partial charge in [-0.25, -0.2) is 0 Å². The van der Waals surface area contributed by atoms with E-state index in [0.717, 1.165) is 16.5 Å². The van der Waals surface area contributed by atoms with Crippen LogP contribution < -0.4 is 24.3 Å². The highest BCUT2D eigenvalue weighted by Crippen LogP contribution is 2.43. The molecule has 47 heavy (non-hydrogen) atoms. The molecule has 0 saturated heterocycles. The van der Waals surface area contributed by atoms with E-state index in [1.165, 1.54) is 32.3 Å². The molecule has 1 atom stereocenters. The van der Waals surface area contributed by atoms with Gasteiger partial charge < -0.3 is 29.2 Å². The Balaban J connectivity index is 1.58. The number of nitrogens with zero attached hydrogens (tertiary/aromatic N) is 4. The largest absolute Gasteiger partial charge is 0.485 e. The number of halogens is 3. The van der Waals surface area contributed by atoms with Crippen molar-refractivity contribution in [2.45, 2.75) is 32.7 Å². The van der Waals surface area contributed by atoms with Crippen molar-refractivity contribution >= 4 is 17.5 Å². The molecule has 0 fully saturated rings. The maximum absolute atomic E-state index is 13.8. The first-order valence-electron chi connectivity index (χ1n) is 14.2. The first-order chi connectivity index (χ1) is 22.3. The first kappa shape index (κ1) is 32.6. The molecule has 0 spiro atoms. The summed E-state index contributed by atoms with van der Waals surface area (Å²) in [6.45, 7) is 3.67. The van der Waals surface area contributed by atoms with Crippen molar-refractivity contribution in [2.75, 3.05) is 19.4 Å². The molecule has 1 unspecified atom stereocenters. The summed E-state index contributed by atoms with van der Waals surface area (Å²) < 4.78 is 65.1. The van der Waals surface area contributed by atoms with E-state index in [-0.39, 0.29) is 46.7 Å². The van der Waals surface area contributed by atoms with Gasteiger partial charge in [-0.05, 0) is 41.8 Å². The summed E-state index contributed by atoms with van der Waals surface area (Å²) in [7, 11) is 2.79. The summed E-state index contributed by atoms with van der Waals surface area (Å²) in [6.07, 6.45) is -5.79. The predicted octanol–water partition coefficient (Wildman–Crippen LogP) is 6.59. The second-order valence-corrected chi connectivity index (χ2v) is 11.0. The maximum atomic E-state index is 13.8. The third kappa shape index (κ3) is 7.52. The van der Waals surface area contributed by atoms with Crippen LogP contribution in [0.5, 0.6) is 35.0 Å². The van der Waals surface area contributed by atoms with Crippen molar-refractivity contribution in [3.05, 3.63) is 89.0 Å². The minimum atomic E-state index is -4.82. The number of ether oxygens (including phenoxy) is 4. The number of carbonyl (C=O) groups is 2. The van der Waals surface area contributed by atoms with Gasteiger partial charge >= 0.3 is 12.2 Å². The molecular formula is C33H28F3N5O6. The van der Waals surface area contributed by atoms with Crippen LogP contribution in [0.25, 0.3) is 0 Å². The predicted molar refractivity (Wildman–Crippen MR) is 161 cm³/mol. The van der Waals surface area contributed by atoms with Crippen LogP contribution in [0.2, 0.25) is 0 Å². The molecule has 5 rings (SSSR count). The second-order valence-electron chi connectivity index (χ2n) is 11.0. The smallest absolute Gasteiger partial charge is 0.416 e. The number of amides is 2. The number of carbonyl (C=O) groups excluding carboxylic acids is 2. The van der Waals surface area contributed by atoms with Crippen molar-refractivity contribution in [3.63, 3.8) is 0 Å². The van der Waals surface area contributed by atoms with Gasteiger partial charge in [-0.15, -0.1) is 0 Å². The molecule has 2 amide bonds. The summed E-state index contributed by atoms with van der Waals surface area (Å²) in [5.74, 6) is -2.28. The van der Waals surface area contributed by atoms with Crippen molar-refractivity contribution < 1.29 is 41.7 Å². The number of anilines is 1. The van der Waals surface area contributed by atoms with Crippen molar-refractivity contribution in [1.82, 2.24) is 14.9 Å². The van der Waals surface area contributed by atoms with Crippen LogP contribution in [-0.2, 0) is 17.6 Å². The first-order valence-corrected chi connectivity index (χ1v) is 14.2. The lowest BCUT2D eigenvalue weighted by Crippen LogP contribution is -2.41. The zero-order valence-electron chi connectivity index (χ0n) is 25.6. The Labute approximate surface area is 267 Å². The topological polar surface area (TPSA) is 136 Å². The molecule has 1 aromatic heterocycles. The monoisotopic (exact) mass is 647 g/mol. The molecule has 0 radical (unpaired) electrons. The molecule has 1 aliphatic rings. The van der Waals surface area contributed by atoms with Gasteiger partial charge in [-0.2, -0.15) is 28.4 Å². The van der Waals surface area contributed by atoms with Crippen molar-refractivity contribution in [2.24, 2.45) is 5.92 Å². The van der Waals surface area contributed by atoms with E-state index in [0.29, 0.717) is 12.1 Å². The van der Waals surface area contributed by atoms with Gasteiger partial charge in [-0.1, -0.05) is 44.2 Å². The molecule has 0 bridgehead atoms. The van der Waals surface area contributed by atoms with E-state index in [1.807, 2.05) is 36.4 Å². The quantitative estimate of drug-likeness (QED) is 0.213. The Morgan fingerprint density at radius 3 is 2.45 bits per heavy atom. The molecule has 0 saturated carbocycles. The number of rotatable bonds is 9. The molecule has 1 N–H and O–H groups in total. The van der Waals surface area contributed by atoms with E-state index < -0.39 is 47.3 Å². The Morgan fingerprint density at radius 1 is 1.04 bits per heavy atom. The Hall–Kier alpha value is -5.84. The fourth-order valence-corrected chi connectivity index (χ4v) is 4.45. The van der Waals surface area contributed by atoms with Gasteiger partial charge in [0.2, 0.25) is 5.88 Å². The SMILES string of the molecule is CC(C)C1Oc2nc(Oc3cc(C#N)ccc3OCc3ccccc3)nc(Oc3cc(C(=O)N(C)C)cc(C(F)(F)F)c3)c2NC1=O. The Kier molecular flexibility index (Phi) is 9.18. The summed E-state index contributed by atoms with van der Waals surface area (Å²) in [6, 6.07) is 17.9. The zero-order chi connectivity index (χ0) is 33.9. The number of hydrogen-bond donors (Lipinski definition) is 1. The molecule has 4 aromatic rings. The Morgan fingerprint density at radius 2 is 1.79 bits per heavy atom. The number of hydrogen-bond acceptors (Lipinski definition) is 9. The third-order valence-corrected chi connectivity index (χ3v) is 6.79. The normalized spacial score (nSPS) is 13.9. The van der Waals surface area contributed by atoms with Crippen LogP contribution in [-0.4, -0.2) is 46.9 Å². The van der Waals surface area contributed by atoms with E-state index >= 15 is 0 Å². The molecule has 1 aliphatic heterocycles. The van der Waals surface area contributed by atoms with Crippen LogP contribution in [0.4, 0.5) is 18.9 Å². The fourth-order valence-electron chi connectivity index (χ4n) is 4.45. The van der Waals surface area contributed by atoms with Gasteiger partial charge in [0.15, 0.2) is 23.3 Å². The fraction of sp³-hybridized carbons (Fsp3) is 0.242. The van der Waals surface area contributed by atoms with Crippen molar-refractivity contribution in [1.29, 1.82) is 5.26 Å². The lowest BCUT2D eigenvalue weighted by atomic mass is 10.1. The number of nitrogens with one attached hydrogen (secondary N) is 1. The molecule has 11 nitrogen and oxygen atoms in total. The average Bonchev–Trinajstić information content (AvgIpc) is 3.03. The van der Waals surface area contributed by atoms with Crippen LogP contribution in [0, 0.1) is 17.2 Å². The molecular weight excluding hydrogens is 619 g/mol. The van der Waals surface area contributed by atoms with Gasteiger partial charge in [0.05, 0.1) is 17.2 Å². The highest BCUT2D eigenvalue weighted by atomic mass is 19.4. The highest BCUT2D eigenvalue weighted by Gasteiger charge is 2.36. The second kappa shape index (κ2) is 13.3. The van der Waals surface area contributed by atoms with Crippen LogP contribution in [0.3, 0.4) is 0 Å². The van der Waals surface area contributed by atoms with Crippen LogP contribution in [0.15, 0.2) is 66.7 Å². The van der Waals surface area contributed by atoms with Crippen LogP contribution in [0.1, 0.15) is 40.9 Å². The lowest BCUT2D eigenvalue weighted by Gasteiger charge is -2.28. The Bertz CT molecular complexity index is 1860. The maximum Gasteiger partial charge on any atom is 0.416 e. The number of fused-ring (bicyclic) bond motifs is 1. The summed E-state index contributed by atoms with van der Waals surface area (Å²) in [4.78, 5) is 35.1. The van der Waals surface area contributed by atoms with Crippen LogP contribution >= 0.6 is 0 Å². The van der Waals surface area contributed by atoms with Gasteiger partial charge in [-0.3, -0.25) is 9.59 Å². The molecule has 2 heterocycles. The third-order valence-electron chi connectivity index (χ3n) is 6.79. The zero-order valence-corrected chi connectivity index (χ0v) is 25.6. The van der Waals surface area contributed by atoms with E-state index in [1.54, 1.807) is 13.8 Å². The molecule has 3 aromatic carbocycles. The standard InChI is InChI=1S/C33H28F3N5O6/c1-18(2)27-28(42)38-26-29(45-23-14-21(31(43)41(3)4)13-22(15-23)33(34,35)36)39-32(40-30(26)47-27)46-25-12-20(16-37)10-11-24(25)44-17-19-8-6-5-7-9-19/h5-15,18,27H,17H2,1-4H3,(H,38,42). The highest BCUT2D eigenvalue weighted by molar-refractivity contribution is 5.99. The minimum Gasteiger partial charge on any atom is -0.485 e. The average molecular weight is 648 g/mol. The van der Waals surface area contributed by atoms with Gasteiger partial charge in [0.1, 0.15) is 12.4 Å². The van der Waals surface area contributed by atoms with Gasteiger partial charge in [0.25, 0.3) is 17.7 Å². The van der Waals surface area contributed by atoms with E-state index in [9.17, 15) is 28.0 Å². The molecule has 14 heteroatoms. The number of nitriles is 1. The summed E-state index contributed by atoms with van der Waals surface area (Å²) in [5, 5.41) is 12.1. The lowest BCUT2D eigenvalue weighted by molar-refractivity contribution is -0.137. The minimum absolute atomic E-state index is 0.0454. The van der Waals surface area contributed by atoms with Gasteiger partial charge in [0, 0.05) is 25.7 Å². The summed E-state index contributed by atoms with van der Waals surface area (Å²) in [5.41, 5.74) is -0.516. The van der Waals surface area contributed by atoms with E-state index in [4.69, 9.17) is 18.9 Å². The summed E-state index contributed by atoms with van der Waals surface area (Å²) >= 11 is 0. The molecule has 0 aliphatic carbocycles. The molecule has 242 valence electrons. The van der Waals surface area contributed by atoms with E-state index in [2.05, 4.69) is 15.3 Å².